The molecule has 0 aromatic carbocycles. The first-order valence-electron chi connectivity index (χ1n) is 11.2. The fraction of sp³-hybridized carbons (Fsp3) is 0.652. The summed E-state index contributed by atoms with van der Waals surface area (Å²) >= 11 is 0. The fourth-order valence-corrected chi connectivity index (χ4v) is 4.99. The van der Waals surface area contributed by atoms with Crippen LogP contribution >= 0.6 is 0 Å². The van der Waals surface area contributed by atoms with E-state index < -0.39 is 29.7 Å². The molecule has 10 heteroatoms. The molecule has 1 saturated heterocycles. The van der Waals surface area contributed by atoms with Gasteiger partial charge in [-0.15, -0.1) is 0 Å². The monoisotopic (exact) mass is 474 g/mol. The SMILES string of the molecule is Cc1cc(C(=O)C(O)C2CCOCC2)cc2nc(C(F)(F)F)c(CC3CCC(F)(F)CC3)n12. The normalized spacial score (nSPS) is 21.4. The van der Waals surface area contributed by atoms with Gasteiger partial charge in [0.2, 0.25) is 5.92 Å². The van der Waals surface area contributed by atoms with Gasteiger partial charge in [0.1, 0.15) is 11.8 Å². The van der Waals surface area contributed by atoms with Gasteiger partial charge >= 0.3 is 6.18 Å². The average molecular weight is 474 g/mol. The number of carbonyl (C=O) groups is 1. The second kappa shape index (κ2) is 8.94. The average Bonchev–Trinajstić information content (AvgIpc) is 3.14. The van der Waals surface area contributed by atoms with Gasteiger partial charge in [-0.25, -0.2) is 13.8 Å². The Hall–Kier alpha value is -2.07. The smallest absolute Gasteiger partial charge is 0.385 e. The Bertz CT molecular complexity index is 1020. The molecule has 1 aliphatic carbocycles. The number of ketones is 1. The Kier molecular flexibility index (Phi) is 6.52. The lowest BCUT2D eigenvalue weighted by atomic mass is 9.83. The van der Waals surface area contributed by atoms with E-state index in [1.807, 2.05) is 0 Å². The van der Waals surface area contributed by atoms with Gasteiger partial charge < -0.3 is 14.2 Å². The number of aliphatic hydroxyl groups excluding tert-OH is 1. The summed E-state index contributed by atoms with van der Waals surface area (Å²) in [7, 11) is 0. The molecule has 0 radical (unpaired) electrons. The van der Waals surface area contributed by atoms with Crippen LogP contribution in [0.5, 0.6) is 0 Å². The van der Waals surface area contributed by atoms with Crippen molar-refractivity contribution in [2.75, 3.05) is 13.2 Å². The van der Waals surface area contributed by atoms with Crippen molar-refractivity contribution < 1.29 is 36.6 Å². The highest BCUT2D eigenvalue weighted by molar-refractivity contribution is 6.00. The number of Topliss-reactive ketones (excluding diaryl/α,β-unsaturated/α-hetero) is 1. The maximum absolute atomic E-state index is 13.8. The molecule has 2 aromatic heterocycles. The molecule has 182 valence electrons. The van der Waals surface area contributed by atoms with E-state index >= 15 is 0 Å². The first-order valence-corrected chi connectivity index (χ1v) is 11.2. The van der Waals surface area contributed by atoms with Crippen LogP contribution in [0.2, 0.25) is 0 Å². The minimum Gasteiger partial charge on any atom is -0.385 e. The van der Waals surface area contributed by atoms with Gasteiger partial charge in [0.25, 0.3) is 0 Å². The van der Waals surface area contributed by atoms with Crippen molar-refractivity contribution in [3.63, 3.8) is 0 Å². The molecule has 1 unspecified atom stereocenters. The summed E-state index contributed by atoms with van der Waals surface area (Å²) in [5.41, 5.74) is -0.705. The zero-order valence-corrected chi connectivity index (χ0v) is 18.3. The van der Waals surface area contributed by atoms with E-state index in [1.54, 1.807) is 6.92 Å². The Labute approximate surface area is 187 Å². The molecule has 1 saturated carbocycles. The lowest BCUT2D eigenvalue weighted by Gasteiger charge is -2.28. The number of imidazole rings is 1. The minimum atomic E-state index is -4.72. The molecule has 4 rings (SSSR count). The molecular weight excluding hydrogens is 447 g/mol. The van der Waals surface area contributed by atoms with Crippen molar-refractivity contribution in [1.29, 1.82) is 0 Å². The van der Waals surface area contributed by atoms with E-state index in [1.165, 1.54) is 16.5 Å². The van der Waals surface area contributed by atoms with Gasteiger partial charge in [0.05, 0.1) is 5.69 Å². The molecule has 0 amide bonds. The van der Waals surface area contributed by atoms with Crippen LogP contribution < -0.4 is 0 Å². The number of fused-ring (bicyclic) bond motifs is 1. The molecule has 2 aliphatic rings. The lowest BCUT2D eigenvalue weighted by molar-refractivity contribution is -0.141. The number of halogens is 5. The minimum absolute atomic E-state index is 0.0229. The van der Waals surface area contributed by atoms with Crippen molar-refractivity contribution in [2.24, 2.45) is 11.8 Å². The van der Waals surface area contributed by atoms with Crippen LogP contribution in [0.3, 0.4) is 0 Å². The molecule has 2 fully saturated rings. The molecular formula is C23H27F5N2O3. The van der Waals surface area contributed by atoms with Gasteiger partial charge in [0.15, 0.2) is 11.5 Å². The molecule has 0 spiro atoms. The highest BCUT2D eigenvalue weighted by Crippen LogP contribution is 2.40. The Morgan fingerprint density at radius 2 is 1.85 bits per heavy atom. The van der Waals surface area contributed by atoms with Gasteiger partial charge in [0, 0.05) is 37.3 Å². The quantitative estimate of drug-likeness (QED) is 0.490. The first kappa shape index (κ1) is 24.1. The number of aromatic nitrogens is 2. The Morgan fingerprint density at radius 1 is 1.21 bits per heavy atom. The summed E-state index contributed by atoms with van der Waals surface area (Å²) in [6.45, 7) is 2.46. The predicted octanol–water partition coefficient (Wildman–Crippen LogP) is 5.00. The highest BCUT2D eigenvalue weighted by Gasteiger charge is 2.41. The van der Waals surface area contributed by atoms with Crippen molar-refractivity contribution in [3.05, 3.63) is 34.8 Å². The summed E-state index contributed by atoms with van der Waals surface area (Å²) in [5.74, 6) is -3.89. The topological polar surface area (TPSA) is 63.8 Å². The van der Waals surface area contributed by atoms with E-state index in [9.17, 15) is 31.9 Å². The van der Waals surface area contributed by atoms with E-state index in [4.69, 9.17) is 4.74 Å². The number of nitrogens with zero attached hydrogens (tertiary/aromatic N) is 2. The largest absolute Gasteiger partial charge is 0.435 e. The standard InChI is InChI=1S/C23H27F5N2O3/c1-13-10-16(20(32)19(31)15-4-8-33-9-5-15)12-18-29-21(23(26,27)28)17(30(13)18)11-14-2-6-22(24,25)7-3-14/h10,12,14-15,19,31H,2-9,11H2,1H3. The number of ether oxygens (including phenoxy) is 1. The van der Waals surface area contributed by atoms with E-state index in [0.717, 1.165) is 0 Å². The molecule has 5 nitrogen and oxygen atoms in total. The number of rotatable bonds is 5. The van der Waals surface area contributed by atoms with Crippen LogP contribution in [0.4, 0.5) is 22.0 Å². The van der Waals surface area contributed by atoms with Crippen LogP contribution in [0.25, 0.3) is 5.65 Å². The molecule has 0 bridgehead atoms. The lowest BCUT2D eigenvalue weighted by Crippen LogP contribution is -2.33. The van der Waals surface area contributed by atoms with Gasteiger partial charge in [-0.3, -0.25) is 4.79 Å². The molecule has 1 N–H and O–H groups in total. The van der Waals surface area contributed by atoms with Crippen LogP contribution in [-0.2, 0) is 17.3 Å². The predicted molar refractivity (Wildman–Crippen MR) is 109 cm³/mol. The molecule has 33 heavy (non-hydrogen) atoms. The molecule has 1 aliphatic heterocycles. The molecule has 3 heterocycles. The zero-order valence-electron chi connectivity index (χ0n) is 18.3. The van der Waals surface area contributed by atoms with Gasteiger partial charge in [-0.05, 0) is 63.0 Å². The number of hydrogen-bond acceptors (Lipinski definition) is 4. The number of hydrogen-bond donors (Lipinski definition) is 1. The first-order chi connectivity index (χ1) is 15.5. The van der Waals surface area contributed by atoms with Crippen LogP contribution in [0.15, 0.2) is 12.1 Å². The van der Waals surface area contributed by atoms with E-state index in [0.29, 0.717) is 31.7 Å². The third-order valence-corrected chi connectivity index (χ3v) is 6.85. The van der Waals surface area contributed by atoms with Crippen LogP contribution in [0.1, 0.15) is 66.0 Å². The number of alkyl halides is 5. The summed E-state index contributed by atoms with van der Waals surface area (Å²) in [6.07, 6.45) is -5.34. The van der Waals surface area contributed by atoms with Crippen molar-refractivity contribution in [1.82, 2.24) is 9.38 Å². The maximum atomic E-state index is 13.8. The molecule has 2 aromatic rings. The van der Waals surface area contributed by atoms with E-state index in [2.05, 4.69) is 4.98 Å². The highest BCUT2D eigenvalue weighted by atomic mass is 19.4. The second-order valence-electron chi connectivity index (χ2n) is 9.25. The van der Waals surface area contributed by atoms with Crippen LogP contribution in [0, 0.1) is 18.8 Å². The van der Waals surface area contributed by atoms with Crippen molar-refractivity contribution in [2.45, 2.75) is 70.1 Å². The number of aliphatic hydroxyl groups is 1. The maximum Gasteiger partial charge on any atom is 0.435 e. The third kappa shape index (κ3) is 5.06. The molecule has 1 atom stereocenters. The van der Waals surface area contributed by atoms with Crippen molar-refractivity contribution in [3.8, 4) is 0 Å². The zero-order chi connectivity index (χ0) is 24.0. The number of carbonyl (C=O) groups excluding carboxylic acids is 1. The number of aryl methyl sites for hydroxylation is 1. The van der Waals surface area contributed by atoms with E-state index in [-0.39, 0.29) is 60.8 Å². The van der Waals surface area contributed by atoms with Crippen LogP contribution in [-0.4, -0.2) is 45.5 Å². The van der Waals surface area contributed by atoms with Gasteiger partial charge in [-0.2, -0.15) is 13.2 Å². The van der Waals surface area contributed by atoms with Crippen molar-refractivity contribution >= 4 is 11.4 Å². The Morgan fingerprint density at radius 3 is 2.45 bits per heavy atom. The number of pyridine rings is 1. The second-order valence-corrected chi connectivity index (χ2v) is 9.25. The van der Waals surface area contributed by atoms with Gasteiger partial charge in [-0.1, -0.05) is 0 Å². The Balaban J connectivity index is 1.67. The fourth-order valence-electron chi connectivity index (χ4n) is 4.99. The summed E-state index contributed by atoms with van der Waals surface area (Å²) in [4.78, 5) is 16.7. The summed E-state index contributed by atoms with van der Waals surface area (Å²) in [5, 5.41) is 10.5. The summed E-state index contributed by atoms with van der Waals surface area (Å²) < 4.78 is 75.0. The summed E-state index contributed by atoms with van der Waals surface area (Å²) in [6, 6.07) is 2.73. The third-order valence-electron chi connectivity index (χ3n) is 6.85.